The maximum absolute atomic E-state index is 13.9. The maximum atomic E-state index is 13.9. The van der Waals surface area contributed by atoms with E-state index in [1.54, 1.807) is 7.11 Å². The monoisotopic (exact) mass is 489 g/mol. The van der Waals surface area contributed by atoms with Crippen LogP contribution in [0.25, 0.3) is 21.2 Å². The molecule has 0 aliphatic heterocycles. The van der Waals surface area contributed by atoms with Crippen molar-refractivity contribution in [2.45, 2.75) is 44.7 Å². The van der Waals surface area contributed by atoms with Crippen LogP contribution in [0.2, 0.25) is 5.02 Å². The Labute approximate surface area is 209 Å². The lowest BCUT2D eigenvalue weighted by atomic mass is 9.93. The van der Waals surface area contributed by atoms with Crippen molar-refractivity contribution >= 4 is 38.9 Å². The smallest absolute Gasteiger partial charge is 0.266 e. The third-order valence-corrected chi connectivity index (χ3v) is 8.35. The van der Waals surface area contributed by atoms with E-state index in [2.05, 4.69) is 35.2 Å². The van der Waals surface area contributed by atoms with E-state index in [0.29, 0.717) is 16.4 Å². The zero-order valence-corrected chi connectivity index (χ0v) is 20.9. The molecule has 0 saturated heterocycles. The Hall–Kier alpha value is -2.82. The van der Waals surface area contributed by atoms with Crippen LogP contribution in [0, 0.1) is 0 Å². The molecule has 1 aromatic heterocycles. The van der Waals surface area contributed by atoms with Crippen LogP contribution in [0.3, 0.4) is 0 Å². The number of nitrogens with zero attached hydrogens (tertiary/aromatic N) is 1. The van der Waals surface area contributed by atoms with Gasteiger partial charge in [0, 0.05) is 22.7 Å². The van der Waals surface area contributed by atoms with Crippen molar-refractivity contribution in [3.63, 3.8) is 0 Å². The average molecular weight is 490 g/mol. The van der Waals surface area contributed by atoms with E-state index in [0.717, 1.165) is 45.4 Å². The average Bonchev–Trinajstić information content (AvgIpc) is 3.24. The SMILES string of the molecule is COc1cccc(-c2cccc(CN(C(=O)c3sc4ccccc4c3Cl)C3CCCCC3)c2)c1. The fourth-order valence-electron chi connectivity index (χ4n) is 4.89. The summed E-state index contributed by atoms with van der Waals surface area (Å²) in [5.74, 6) is 0.881. The van der Waals surface area contributed by atoms with Gasteiger partial charge in [0.15, 0.2) is 0 Å². The molecule has 0 atom stereocenters. The van der Waals surface area contributed by atoms with Gasteiger partial charge in [-0.05, 0) is 53.8 Å². The first-order valence-corrected chi connectivity index (χ1v) is 13.0. The molecule has 1 aliphatic carbocycles. The fraction of sp³-hybridized carbons (Fsp3) is 0.276. The summed E-state index contributed by atoms with van der Waals surface area (Å²) in [7, 11) is 1.68. The second-order valence-corrected chi connectivity index (χ2v) is 10.3. The van der Waals surface area contributed by atoms with Crippen molar-refractivity contribution in [1.29, 1.82) is 0 Å². The van der Waals surface area contributed by atoms with Crippen LogP contribution in [0.1, 0.15) is 47.3 Å². The van der Waals surface area contributed by atoms with Crippen LogP contribution in [0.15, 0.2) is 72.8 Å². The van der Waals surface area contributed by atoms with Gasteiger partial charge in [0.05, 0.1) is 12.1 Å². The van der Waals surface area contributed by atoms with Gasteiger partial charge in [0.2, 0.25) is 0 Å². The quantitative estimate of drug-likeness (QED) is 0.273. The van der Waals surface area contributed by atoms with Gasteiger partial charge >= 0.3 is 0 Å². The zero-order chi connectivity index (χ0) is 23.5. The highest BCUT2D eigenvalue weighted by Gasteiger charge is 2.29. The summed E-state index contributed by atoms with van der Waals surface area (Å²) in [6, 6.07) is 24.8. The summed E-state index contributed by atoms with van der Waals surface area (Å²) in [4.78, 5) is 16.6. The van der Waals surface area contributed by atoms with Crippen molar-refractivity contribution in [1.82, 2.24) is 4.90 Å². The predicted octanol–water partition coefficient (Wildman–Crippen LogP) is 8.21. The van der Waals surface area contributed by atoms with Crippen LogP contribution in [0.5, 0.6) is 5.75 Å². The number of carbonyl (C=O) groups is 1. The van der Waals surface area contributed by atoms with E-state index in [1.165, 1.54) is 30.6 Å². The van der Waals surface area contributed by atoms with E-state index < -0.39 is 0 Å². The molecule has 34 heavy (non-hydrogen) atoms. The lowest BCUT2D eigenvalue weighted by Crippen LogP contribution is -2.40. The third kappa shape index (κ3) is 4.70. The highest BCUT2D eigenvalue weighted by atomic mass is 35.5. The number of fused-ring (bicyclic) bond motifs is 1. The molecule has 1 heterocycles. The summed E-state index contributed by atoms with van der Waals surface area (Å²) >= 11 is 8.22. The van der Waals surface area contributed by atoms with Gasteiger partial charge in [-0.1, -0.05) is 79.4 Å². The van der Waals surface area contributed by atoms with Gasteiger partial charge in [0.25, 0.3) is 5.91 Å². The number of benzene rings is 3. The Morgan fingerprint density at radius 2 is 1.71 bits per heavy atom. The molecular formula is C29H28ClNO2S. The van der Waals surface area contributed by atoms with E-state index in [-0.39, 0.29) is 11.9 Å². The van der Waals surface area contributed by atoms with Crippen molar-refractivity contribution in [3.05, 3.63) is 88.3 Å². The lowest BCUT2D eigenvalue weighted by Gasteiger charge is -2.34. The Kier molecular flexibility index (Phi) is 6.89. The largest absolute Gasteiger partial charge is 0.497 e. The first kappa shape index (κ1) is 22.9. The maximum Gasteiger partial charge on any atom is 0.266 e. The number of methoxy groups -OCH3 is 1. The second kappa shape index (κ2) is 10.2. The number of hydrogen-bond donors (Lipinski definition) is 0. The van der Waals surface area contributed by atoms with Gasteiger partial charge in [-0.3, -0.25) is 4.79 Å². The summed E-state index contributed by atoms with van der Waals surface area (Å²) in [5, 5.41) is 1.54. The van der Waals surface area contributed by atoms with Gasteiger partial charge < -0.3 is 9.64 Å². The molecule has 3 nitrogen and oxygen atoms in total. The topological polar surface area (TPSA) is 29.5 Å². The molecule has 0 spiro atoms. The fourth-order valence-corrected chi connectivity index (χ4v) is 6.36. The molecule has 3 aromatic carbocycles. The number of amides is 1. The van der Waals surface area contributed by atoms with Gasteiger partial charge in [-0.15, -0.1) is 11.3 Å². The second-order valence-electron chi connectivity index (χ2n) is 8.90. The molecule has 174 valence electrons. The molecule has 1 fully saturated rings. The standard InChI is InChI=1S/C29H28ClNO2S/c1-33-24-14-8-11-22(18-24)21-10-7-9-20(17-21)19-31(23-12-3-2-4-13-23)29(32)28-27(30)25-15-5-6-16-26(25)34-28/h5-11,14-18,23H,2-4,12-13,19H2,1H3. The summed E-state index contributed by atoms with van der Waals surface area (Å²) in [5.41, 5.74) is 3.34. The number of rotatable bonds is 6. The highest BCUT2D eigenvalue weighted by molar-refractivity contribution is 7.21. The van der Waals surface area contributed by atoms with E-state index >= 15 is 0 Å². The van der Waals surface area contributed by atoms with Crippen molar-refractivity contribution in [3.8, 4) is 16.9 Å². The van der Waals surface area contributed by atoms with E-state index in [1.807, 2.05) is 42.5 Å². The molecule has 5 rings (SSSR count). The zero-order valence-electron chi connectivity index (χ0n) is 19.3. The minimum Gasteiger partial charge on any atom is -0.497 e. The van der Waals surface area contributed by atoms with Crippen molar-refractivity contribution in [2.75, 3.05) is 7.11 Å². The van der Waals surface area contributed by atoms with E-state index in [9.17, 15) is 4.79 Å². The Morgan fingerprint density at radius 3 is 2.47 bits per heavy atom. The van der Waals surface area contributed by atoms with Crippen LogP contribution < -0.4 is 4.74 Å². The molecule has 0 unspecified atom stereocenters. The summed E-state index contributed by atoms with van der Waals surface area (Å²) < 4.78 is 6.46. The first-order valence-electron chi connectivity index (χ1n) is 11.9. The van der Waals surface area contributed by atoms with Crippen molar-refractivity contribution < 1.29 is 9.53 Å². The molecule has 1 amide bonds. The Bertz CT molecular complexity index is 1310. The first-order chi connectivity index (χ1) is 16.6. The lowest BCUT2D eigenvalue weighted by molar-refractivity contribution is 0.0619. The van der Waals surface area contributed by atoms with Gasteiger partial charge in [0.1, 0.15) is 10.6 Å². The molecule has 1 aliphatic rings. The molecule has 4 aromatic rings. The molecule has 5 heteroatoms. The van der Waals surface area contributed by atoms with Crippen LogP contribution in [-0.2, 0) is 6.54 Å². The van der Waals surface area contributed by atoms with Crippen molar-refractivity contribution in [2.24, 2.45) is 0 Å². The number of ether oxygens (including phenoxy) is 1. The molecule has 0 N–H and O–H groups in total. The molecule has 0 bridgehead atoms. The molecule has 1 saturated carbocycles. The number of carbonyl (C=O) groups excluding carboxylic acids is 1. The molecule has 0 radical (unpaired) electrons. The third-order valence-electron chi connectivity index (χ3n) is 6.69. The van der Waals surface area contributed by atoms with Gasteiger partial charge in [-0.2, -0.15) is 0 Å². The number of thiophene rings is 1. The summed E-state index contributed by atoms with van der Waals surface area (Å²) in [6.07, 6.45) is 5.66. The summed E-state index contributed by atoms with van der Waals surface area (Å²) in [6.45, 7) is 0.575. The van der Waals surface area contributed by atoms with Crippen LogP contribution >= 0.6 is 22.9 Å². The highest BCUT2D eigenvalue weighted by Crippen LogP contribution is 2.37. The van der Waals surface area contributed by atoms with Crippen LogP contribution in [-0.4, -0.2) is 24.0 Å². The van der Waals surface area contributed by atoms with E-state index in [4.69, 9.17) is 16.3 Å². The minimum absolute atomic E-state index is 0.0462. The Balaban J connectivity index is 1.48. The Morgan fingerprint density at radius 1 is 0.971 bits per heavy atom. The number of halogens is 1. The predicted molar refractivity (Wildman–Crippen MR) is 142 cm³/mol. The minimum atomic E-state index is 0.0462. The number of hydrogen-bond acceptors (Lipinski definition) is 3. The normalized spacial score (nSPS) is 14.3. The van der Waals surface area contributed by atoms with Crippen LogP contribution in [0.4, 0.5) is 0 Å². The molecular weight excluding hydrogens is 462 g/mol. The van der Waals surface area contributed by atoms with Gasteiger partial charge in [-0.25, -0.2) is 0 Å².